The molecule has 1 saturated heterocycles. The third kappa shape index (κ3) is 3.47. The van der Waals surface area contributed by atoms with Gasteiger partial charge in [-0.25, -0.2) is 0 Å². The van der Waals surface area contributed by atoms with Gasteiger partial charge in [0.05, 0.1) is 6.04 Å². The summed E-state index contributed by atoms with van der Waals surface area (Å²) in [7, 11) is 0. The van der Waals surface area contributed by atoms with Crippen molar-refractivity contribution in [2.24, 2.45) is 0 Å². The number of amides is 1. The Balaban J connectivity index is 1.87. The number of carbonyl (C=O) groups excluding carboxylic acids is 1. The van der Waals surface area contributed by atoms with Crippen LogP contribution in [0.15, 0.2) is 0 Å². The molecular formula is C15H28N2O. The summed E-state index contributed by atoms with van der Waals surface area (Å²) in [6.45, 7) is 6.23. The molecule has 2 aliphatic rings. The molecule has 18 heavy (non-hydrogen) atoms. The molecule has 1 N–H and O–H groups in total. The molecule has 1 saturated carbocycles. The largest absolute Gasteiger partial charge is 0.341 e. The molecule has 0 aromatic carbocycles. The maximum Gasteiger partial charge on any atom is 0.239 e. The fourth-order valence-electron chi connectivity index (χ4n) is 3.45. The van der Waals surface area contributed by atoms with Crippen LogP contribution in [0, 0.1) is 0 Å². The molecule has 0 aromatic heterocycles. The first-order valence-corrected chi connectivity index (χ1v) is 7.67. The summed E-state index contributed by atoms with van der Waals surface area (Å²) < 4.78 is 0. The first-order valence-electron chi connectivity index (χ1n) is 7.67. The maximum atomic E-state index is 12.4. The van der Waals surface area contributed by atoms with Gasteiger partial charge < -0.3 is 10.2 Å². The van der Waals surface area contributed by atoms with E-state index in [0.717, 1.165) is 13.1 Å². The van der Waals surface area contributed by atoms with E-state index in [2.05, 4.69) is 17.1 Å². The number of nitrogens with zero attached hydrogens (tertiary/aromatic N) is 1. The summed E-state index contributed by atoms with van der Waals surface area (Å²) >= 11 is 0. The normalized spacial score (nSPS) is 25.8. The van der Waals surface area contributed by atoms with Gasteiger partial charge >= 0.3 is 0 Å². The van der Waals surface area contributed by atoms with Gasteiger partial charge in [-0.2, -0.15) is 0 Å². The predicted octanol–water partition coefficient (Wildman–Crippen LogP) is 2.70. The van der Waals surface area contributed by atoms with Gasteiger partial charge in [0.25, 0.3) is 0 Å². The van der Waals surface area contributed by atoms with Crippen LogP contribution < -0.4 is 5.32 Å². The van der Waals surface area contributed by atoms with Crippen molar-refractivity contribution in [1.82, 2.24) is 10.2 Å². The molecule has 1 heterocycles. The van der Waals surface area contributed by atoms with Gasteiger partial charge in [-0.3, -0.25) is 4.79 Å². The van der Waals surface area contributed by atoms with Crippen molar-refractivity contribution < 1.29 is 4.79 Å². The lowest BCUT2D eigenvalue weighted by Crippen LogP contribution is -2.52. The number of nitrogens with one attached hydrogen (secondary N) is 1. The Morgan fingerprint density at radius 2 is 1.61 bits per heavy atom. The number of carbonyl (C=O) groups is 1. The number of rotatable bonds is 3. The average Bonchev–Trinajstić information content (AvgIpc) is 2.63. The van der Waals surface area contributed by atoms with Gasteiger partial charge in [0.1, 0.15) is 0 Å². The van der Waals surface area contributed by atoms with E-state index in [1.54, 1.807) is 0 Å². The zero-order valence-electron chi connectivity index (χ0n) is 12.0. The van der Waals surface area contributed by atoms with Crippen molar-refractivity contribution in [3.05, 3.63) is 0 Å². The van der Waals surface area contributed by atoms with Crippen LogP contribution in [0.1, 0.15) is 65.2 Å². The van der Waals surface area contributed by atoms with Crippen molar-refractivity contribution in [3.63, 3.8) is 0 Å². The zero-order chi connectivity index (χ0) is 13.0. The Morgan fingerprint density at radius 1 is 1.06 bits per heavy atom. The quantitative estimate of drug-likeness (QED) is 0.837. The SMILES string of the molecule is CC(NC1(C)CCCC1)C(=O)N1CCCCCC1. The Morgan fingerprint density at radius 3 is 2.17 bits per heavy atom. The highest BCUT2D eigenvalue weighted by Crippen LogP contribution is 2.29. The topological polar surface area (TPSA) is 32.3 Å². The molecule has 3 heteroatoms. The van der Waals surface area contributed by atoms with Gasteiger partial charge in [-0.15, -0.1) is 0 Å². The van der Waals surface area contributed by atoms with Crippen molar-refractivity contribution in [2.75, 3.05) is 13.1 Å². The monoisotopic (exact) mass is 252 g/mol. The van der Waals surface area contributed by atoms with Crippen LogP contribution in [-0.4, -0.2) is 35.5 Å². The third-order valence-electron chi connectivity index (χ3n) is 4.56. The molecule has 104 valence electrons. The Bertz CT molecular complexity index is 276. The fraction of sp³-hybridized carbons (Fsp3) is 0.933. The summed E-state index contributed by atoms with van der Waals surface area (Å²) in [5, 5.41) is 3.58. The lowest BCUT2D eigenvalue weighted by molar-refractivity contribution is -0.133. The van der Waals surface area contributed by atoms with Crippen LogP contribution in [0.2, 0.25) is 0 Å². The Hall–Kier alpha value is -0.570. The average molecular weight is 252 g/mol. The van der Waals surface area contributed by atoms with Crippen molar-refractivity contribution in [3.8, 4) is 0 Å². The maximum absolute atomic E-state index is 12.4. The summed E-state index contributed by atoms with van der Waals surface area (Å²) in [6.07, 6.45) is 9.94. The highest BCUT2D eigenvalue weighted by Gasteiger charge is 2.32. The van der Waals surface area contributed by atoms with E-state index in [9.17, 15) is 4.79 Å². The minimum atomic E-state index is -0.0220. The van der Waals surface area contributed by atoms with E-state index in [1.165, 1.54) is 51.4 Å². The molecule has 2 rings (SSSR count). The third-order valence-corrected chi connectivity index (χ3v) is 4.56. The second-order valence-corrected chi connectivity index (χ2v) is 6.37. The molecular weight excluding hydrogens is 224 g/mol. The first kappa shape index (κ1) is 13.9. The van der Waals surface area contributed by atoms with Gasteiger partial charge in [0.2, 0.25) is 5.91 Å². The van der Waals surface area contributed by atoms with Gasteiger partial charge in [0.15, 0.2) is 0 Å². The van der Waals surface area contributed by atoms with Crippen molar-refractivity contribution >= 4 is 5.91 Å². The molecule has 2 fully saturated rings. The Kier molecular flexibility index (Phi) is 4.66. The molecule has 0 aromatic rings. The Labute approximate surface area is 111 Å². The molecule has 1 aliphatic heterocycles. The second-order valence-electron chi connectivity index (χ2n) is 6.37. The first-order chi connectivity index (χ1) is 8.61. The van der Waals surface area contributed by atoms with Crippen LogP contribution in [-0.2, 0) is 4.79 Å². The molecule has 0 spiro atoms. The molecule has 0 bridgehead atoms. The summed E-state index contributed by atoms with van der Waals surface area (Å²) in [6, 6.07) is -0.0220. The summed E-state index contributed by atoms with van der Waals surface area (Å²) in [5.74, 6) is 0.310. The van der Waals surface area contributed by atoms with E-state index in [0.29, 0.717) is 5.91 Å². The van der Waals surface area contributed by atoms with Crippen LogP contribution in [0.3, 0.4) is 0 Å². The molecule has 3 nitrogen and oxygen atoms in total. The van der Waals surface area contributed by atoms with Crippen LogP contribution >= 0.6 is 0 Å². The minimum absolute atomic E-state index is 0.0220. The smallest absolute Gasteiger partial charge is 0.239 e. The van der Waals surface area contributed by atoms with Crippen LogP contribution in [0.4, 0.5) is 0 Å². The fourth-order valence-corrected chi connectivity index (χ4v) is 3.45. The van der Waals surface area contributed by atoms with Gasteiger partial charge in [-0.05, 0) is 39.5 Å². The number of likely N-dealkylation sites (tertiary alicyclic amines) is 1. The second kappa shape index (κ2) is 6.05. The number of hydrogen-bond acceptors (Lipinski definition) is 2. The summed E-state index contributed by atoms with van der Waals surface area (Å²) in [4.78, 5) is 14.5. The standard InChI is InChI=1S/C15H28N2O/c1-13(16-15(2)9-5-6-10-15)14(18)17-11-7-3-4-8-12-17/h13,16H,3-12H2,1-2H3. The van der Waals surface area contributed by atoms with E-state index < -0.39 is 0 Å². The molecule has 1 atom stereocenters. The van der Waals surface area contributed by atoms with Gasteiger partial charge in [0, 0.05) is 18.6 Å². The van der Waals surface area contributed by atoms with Gasteiger partial charge in [-0.1, -0.05) is 25.7 Å². The van der Waals surface area contributed by atoms with Crippen LogP contribution in [0.25, 0.3) is 0 Å². The van der Waals surface area contributed by atoms with E-state index in [4.69, 9.17) is 0 Å². The summed E-state index contributed by atoms with van der Waals surface area (Å²) in [5.41, 5.74) is 0.195. The predicted molar refractivity (Wildman–Crippen MR) is 74.5 cm³/mol. The molecule has 0 radical (unpaired) electrons. The van der Waals surface area contributed by atoms with E-state index in [-0.39, 0.29) is 11.6 Å². The molecule has 1 amide bonds. The van der Waals surface area contributed by atoms with E-state index in [1.807, 2.05) is 6.92 Å². The zero-order valence-corrected chi connectivity index (χ0v) is 12.0. The number of hydrogen-bond donors (Lipinski definition) is 1. The highest BCUT2D eigenvalue weighted by molar-refractivity contribution is 5.81. The van der Waals surface area contributed by atoms with Crippen molar-refractivity contribution in [1.29, 1.82) is 0 Å². The molecule has 1 unspecified atom stereocenters. The lowest BCUT2D eigenvalue weighted by atomic mass is 9.99. The highest BCUT2D eigenvalue weighted by atomic mass is 16.2. The lowest BCUT2D eigenvalue weighted by Gasteiger charge is -2.32. The molecule has 1 aliphatic carbocycles. The van der Waals surface area contributed by atoms with Crippen LogP contribution in [0.5, 0.6) is 0 Å². The van der Waals surface area contributed by atoms with E-state index >= 15 is 0 Å². The van der Waals surface area contributed by atoms with Crippen molar-refractivity contribution in [2.45, 2.75) is 76.8 Å². The minimum Gasteiger partial charge on any atom is -0.341 e.